The van der Waals surface area contributed by atoms with E-state index >= 15 is 0 Å². The predicted molar refractivity (Wildman–Crippen MR) is 76.0 cm³/mol. The number of allylic oxidation sites excluding steroid dienone is 1. The number of hydrogen-bond acceptors (Lipinski definition) is 4. The largest absolute Gasteiger partial charge is 0.346 e. The highest BCUT2D eigenvalue weighted by Gasteiger charge is 2.54. The van der Waals surface area contributed by atoms with Gasteiger partial charge in [-0.3, -0.25) is 4.79 Å². The van der Waals surface area contributed by atoms with Gasteiger partial charge in [0, 0.05) is 24.3 Å². The molecule has 1 saturated heterocycles. The summed E-state index contributed by atoms with van der Waals surface area (Å²) in [6.07, 6.45) is 1.35. The van der Waals surface area contributed by atoms with Crippen molar-refractivity contribution in [2.75, 3.05) is 13.1 Å². The highest BCUT2D eigenvalue weighted by Crippen LogP contribution is 2.49. The van der Waals surface area contributed by atoms with E-state index in [0.717, 1.165) is 13.1 Å². The van der Waals surface area contributed by atoms with Crippen molar-refractivity contribution in [3.05, 3.63) is 10.6 Å². The van der Waals surface area contributed by atoms with Crippen LogP contribution in [0.25, 0.3) is 0 Å². The quantitative estimate of drug-likeness (QED) is 0.685. The van der Waals surface area contributed by atoms with Crippen molar-refractivity contribution in [1.29, 1.82) is 10.5 Å². The fourth-order valence-electron chi connectivity index (χ4n) is 3.33. The Hall–Kier alpha value is -1.50. The molecule has 0 aliphatic carbocycles. The minimum Gasteiger partial charge on any atom is -0.346 e. The highest BCUT2D eigenvalue weighted by molar-refractivity contribution is 7.84. The standard InChI is InChI=1S/C14H18N4OS/c1-9(2)18-12(19)10(7-15)14(3-5-17-6-4-14)11(8-16)13(18)20/h9-10,17,20H,3-6H2,1-2H3/p+1/t10-/m1/s1. The minimum atomic E-state index is -0.774. The summed E-state index contributed by atoms with van der Waals surface area (Å²) >= 11 is 4.44. The molecule has 5 nitrogen and oxygen atoms in total. The summed E-state index contributed by atoms with van der Waals surface area (Å²) < 4.78 is 0. The monoisotopic (exact) mass is 291 g/mol. The van der Waals surface area contributed by atoms with Crippen LogP contribution in [0.15, 0.2) is 10.6 Å². The molecule has 106 valence electrons. The topological polar surface area (TPSA) is 84.5 Å². The van der Waals surface area contributed by atoms with E-state index in [2.05, 4.69) is 30.1 Å². The maximum Gasteiger partial charge on any atom is 0.245 e. The third kappa shape index (κ3) is 2.00. The van der Waals surface area contributed by atoms with E-state index in [4.69, 9.17) is 0 Å². The number of thiol groups is 1. The molecule has 0 radical (unpaired) electrons. The molecule has 0 aromatic heterocycles. The molecular formula is C14H19N4OS+. The molecule has 0 unspecified atom stereocenters. The van der Waals surface area contributed by atoms with Crippen molar-refractivity contribution in [2.24, 2.45) is 11.3 Å². The second kappa shape index (κ2) is 5.47. The Morgan fingerprint density at radius 3 is 2.45 bits per heavy atom. The molecule has 0 bridgehead atoms. The number of nitrogens with zero attached hydrogens (tertiary/aromatic N) is 3. The number of quaternary nitrogens is 1. The van der Waals surface area contributed by atoms with Crippen LogP contribution in [-0.2, 0) is 4.79 Å². The number of carbonyl (C=O) groups excluding carboxylic acids is 1. The summed E-state index contributed by atoms with van der Waals surface area (Å²) in [6.45, 7) is 5.40. The smallest absolute Gasteiger partial charge is 0.245 e. The van der Waals surface area contributed by atoms with E-state index in [1.807, 2.05) is 13.8 Å². The van der Waals surface area contributed by atoms with Crippen molar-refractivity contribution in [2.45, 2.75) is 32.7 Å². The Morgan fingerprint density at radius 2 is 2.00 bits per heavy atom. The van der Waals surface area contributed by atoms with Crippen LogP contribution in [0.4, 0.5) is 0 Å². The lowest BCUT2D eigenvalue weighted by Crippen LogP contribution is -2.87. The zero-order chi connectivity index (χ0) is 14.9. The maximum atomic E-state index is 12.6. The maximum absolute atomic E-state index is 12.6. The third-order valence-corrected chi connectivity index (χ3v) is 4.77. The normalized spacial score (nSPS) is 25.8. The molecule has 1 amide bonds. The van der Waals surface area contributed by atoms with Crippen molar-refractivity contribution < 1.29 is 10.1 Å². The number of nitriles is 2. The van der Waals surface area contributed by atoms with E-state index in [1.54, 1.807) is 0 Å². The van der Waals surface area contributed by atoms with E-state index in [0.29, 0.717) is 23.4 Å². The molecule has 2 rings (SSSR count). The number of nitrogens with two attached hydrogens (primary N) is 1. The molecule has 0 aromatic carbocycles. The molecule has 2 aliphatic heterocycles. The van der Waals surface area contributed by atoms with Gasteiger partial charge in [-0.1, -0.05) is 0 Å². The molecule has 6 heteroatoms. The summed E-state index contributed by atoms with van der Waals surface area (Å²) in [5.41, 5.74) is -0.133. The lowest BCUT2D eigenvalue weighted by molar-refractivity contribution is -0.667. The summed E-state index contributed by atoms with van der Waals surface area (Å²) in [4.78, 5) is 14.1. The van der Waals surface area contributed by atoms with Gasteiger partial charge in [-0.25, -0.2) is 0 Å². The van der Waals surface area contributed by atoms with Gasteiger partial charge < -0.3 is 10.2 Å². The van der Waals surface area contributed by atoms with Gasteiger partial charge in [0.05, 0.1) is 35.8 Å². The van der Waals surface area contributed by atoms with Crippen LogP contribution in [0.5, 0.6) is 0 Å². The molecule has 0 aromatic rings. The van der Waals surface area contributed by atoms with Crippen LogP contribution in [0.3, 0.4) is 0 Å². The first-order valence-corrected chi connectivity index (χ1v) is 7.32. The van der Waals surface area contributed by atoms with Gasteiger partial charge in [-0.2, -0.15) is 10.5 Å². The van der Waals surface area contributed by atoms with Crippen LogP contribution in [-0.4, -0.2) is 29.9 Å². The van der Waals surface area contributed by atoms with Gasteiger partial charge >= 0.3 is 0 Å². The first-order chi connectivity index (χ1) is 9.49. The van der Waals surface area contributed by atoms with Crippen LogP contribution in [0, 0.1) is 34.0 Å². The number of hydrogen-bond donors (Lipinski definition) is 2. The van der Waals surface area contributed by atoms with E-state index in [9.17, 15) is 15.3 Å². The lowest BCUT2D eigenvalue weighted by atomic mass is 9.63. The van der Waals surface area contributed by atoms with Gasteiger partial charge in [0.1, 0.15) is 5.92 Å². The molecule has 2 N–H and O–H groups in total. The molecule has 2 heterocycles. The molecule has 20 heavy (non-hydrogen) atoms. The molecule has 0 saturated carbocycles. The summed E-state index contributed by atoms with van der Waals surface area (Å²) in [5.74, 6) is -0.988. The highest BCUT2D eigenvalue weighted by atomic mass is 32.1. The molecule has 1 spiro atoms. The zero-order valence-corrected chi connectivity index (χ0v) is 12.7. The number of piperidine rings is 1. The first kappa shape index (κ1) is 14.9. The molecule has 2 aliphatic rings. The fourth-order valence-corrected chi connectivity index (χ4v) is 3.94. The summed E-state index contributed by atoms with van der Waals surface area (Å²) in [7, 11) is 0. The number of carbonyl (C=O) groups is 1. The van der Waals surface area contributed by atoms with Crippen molar-refractivity contribution in [3.8, 4) is 12.1 Å². The first-order valence-electron chi connectivity index (χ1n) is 6.87. The van der Waals surface area contributed by atoms with Gasteiger partial charge in [0.25, 0.3) is 0 Å². The van der Waals surface area contributed by atoms with Gasteiger partial charge in [-0.15, -0.1) is 12.6 Å². The second-order valence-corrected chi connectivity index (χ2v) is 6.12. The van der Waals surface area contributed by atoms with E-state index in [-0.39, 0.29) is 11.9 Å². The predicted octanol–water partition coefficient (Wildman–Crippen LogP) is 0.385. The lowest BCUT2D eigenvalue weighted by Gasteiger charge is -2.46. The van der Waals surface area contributed by atoms with E-state index in [1.165, 1.54) is 4.90 Å². The Balaban J connectivity index is 2.64. The van der Waals surface area contributed by atoms with Crippen LogP contribution < -0.4 is 5.32 Å². The third-order valence-electron chi connectivity index (χ3n) is 4.33. The van der Waals surface area contributed by atoms with E-state index < -0.39 is 11.3 Å². The number of rotatable bonds is 1. The number of amides is 1. The van der Waals surface area contributed by atoms with Gasteiger partial charge in [0.15, 0.2) is 0 Å². The average molecular weight is 291 g/mol. The summed E-state index contributed by atoms with van der Waals surface area (Å²) in [5, 5.41) is 21.7. The Labute approximate surface area is 124 Å². The van der Waals surface area contributed by atoms with Crippen LogP contribution in [0.1, 0.15) is 26.7 Å². The fraction of sp³-hybridized carbons (Fsp3) is 0.643. The second-order valence-electron chi connectivity index (χ2n) is 5.70. The molecular weight excluding hydrogens is 272 g/mol. The molecule has 1 fully saturated rings. The van der Waals surface area contributed by atoms with Gasteiger partial charge in [-0.05, 0) is 13.8 Å². The van der Waals surface area contributed by atoms with Gasteiger partial charge in [0.2, 0.25) is 5.91 Å². The van der Waals surface area contributed by atoms with Crippen LogP contribution >= 0.6 is 12.6 Å². The van der Waals surface area contributed by atoms with Crippen molar-refractivity contribution in [1.82, 2.24) is 4.90 Å². The SMILES string of the molecule is CC(C)N1C(=O)[C@@H](C#N)C2(CC[NH2+]CC2)C(C#N)=C1S. The Morgan fingerprint density at radius 1 is 1.40 bits per heavy atom. The average Bonchev–Trinajstić information content (AvgIpc) is 2.40. The minimum absolute atomic E-state index is 0.110. The summed E-state index contributed by atoms with van der Waals surface area (Å²) in [6, 6.07) is 4.28. The Kier molecular flexibility index (Phi) is 4.08. The van der Waals surface area contributed by atoms with Crippen molar-refractivity contribution >= 4 is 18.5 Å². The zero-order valence-electron chi connectivity index (χ0n) is 11.8. The van der Waals surface area contributed by atoms with Crippen LogP contribution in [0.2, 0.25) is 0 Å². The Bertz CT molecular complexity index is 534. The van der Waals surface area contributed by atoms with Crippen molar-refractivity contribution in [3.63, 3.8) is 0 Å². The molecule has 1 atom stereocenters.